The Morgan fingerprint density at radius 1 is 1.22 bits per heavy atom. The highest BCUT2D eigenvalue weighted by atomic mass is 19.1. The third kappa shape index (κ3) is 2.82. The number of carboxylic acid groups (broad SMARTS) is 1. The molecule has 18 heavy (non-hydrogen) atoms. The van der Waals surface area contributed by atoms with E-state index >= 15 is 0 Å². The lowest BCUT2D eigenvalue weighted by atomic mass is 10.1. The molecule has 5 nitrogen and oxygen atoms in total. The van der Waals surface area contributed by atoms with E-state index in [1.165, 1.54) is 21.3 Å². The zero-order chi connectivity index (χ0) is 13.7. The van der Waals surface area contributed by atoms with Crippen LogP contribution < -0.4 is 14.2 Å². The van der Waals surface area contributed by atoms with Crippen molar-refractivity contribution >= 4 is 5.97 Å². The molecule has 1 rings (SSSR count). The van der Waals surface area contributed by atoms with Crippen LogP contribution in [0, 0.1) is 5.82 Å². The van der Waals surface area contributed by atoms with E-state index in [1.807, 2.05) is 0 Å². The number of rotatable bonds is 6. The van der Waals surface area contributed by atoms with Crippen molar-refractivity contribution in [1.29, 1.82) is 0 Å². The molecule has 1 aromatic carbocycles. The van der Waals surface area contributed by atoms with Crippen molar-refractivity contribution in [3.63, 3.8) is 0 Å². The van der Waals surface area contributed by atoms with Crippen LogP contribution in [0.1, 0.15) is 12.0 Å². The molecule has 0 spiro atoms. The molecule has 0 fully saturated rings. The minimum absolute atomic E-state index is 0.0195. The first-order valence-corrected chi connectivity index (χ1v) is 5.24. The van der Waals surface area contributed by atoms with Crippen molar-refractivity contribution in [2.75, 3.05) is 21.3 Å². The van der Waals surface area contributed by atoms with Crippen LogP contribution in [0.2, 0.25) is 0 Å². The number of aliphatic carboxylic acids is 1. The lowest BCUT2D eigenvalue weighted by Gasteiger charge is -2.16. The molecule has 0 aliphatic rings. The molecule has 0 aromatic heterocycles. The van der Waals surface area contributed by atoms with Gasteiger partial charge in [0.05, 0.1) is 21.3 Å². The second-order valence-corrected chi connectivity index (χ2v) is 3.50. The molecular formula is C12H15FO5. The van der Waals surface area contributed by atoms with Crippen LogP contribution in [-0.4, -0.2) is 32.4 Å². The van der Waals surface area contributed by atoms with Crippen LogP contribution in [-0.2, 0) is 11.2 Å². The summed E-state index contributed by atoms with van der Waals surface area (Å²) in [7, 11) is 4.10. The van der Waals surface area contributed by atoms with Gasteiger partial charge in [-0.25, -0.2) is 4.39 Å². The molecule has 0 amide bonds. The molecule has 0 saturated heterocycles. The summed E-state index contributed by atoms with van der Waals surface area (Å²) in [6.45, 7) is 0. The molecule has 0 atom stereocenters. The number of benzene rings is 1. The summed E-state index contributed by atoms with van der Waals surface area (Å²) in [5, 5.41) is 8.69. The maximum Gasteiger partial charge on any atom is 0.303 e. The van der Waals surface area contributed by atoms with E-state index in [-0.39, 0.29) is 30.1 Å². The molecule has 6 heteroatoms. The fourth-order valence-corrected chi connectivity index (χ4v) is 1.70. The summed E-state index contributed by atoms with van der Waals surface area (Å²) < 4.78 is 28.8. The van der Waals surface area contributed by atoms with Crippen LogP contribution in [0.4, 0.5) is 4.39 Å². The van der Waals surface area contributed by atoms with E-state index in [1.54, 1.807) is 0 Å². The summed E-state index contributed by atoms with van der Waals surface area (Å²) in [5.74, 6) is -1.13. The fraction of sp³-hybridized carbons (Fsp3) is 0.417. The highest BCUT2D eigenvalue weighted by Crippen LogP contribution is 2.40. The van der Waals surface area contributed by atoms with Crippen LogP contribution >= 0.6 is 0 Å². The molecular weight excluding hydrogens is 243 g/mol. The first-order valence-electron chi connectivity index (χ1n) is 5.24. The maximum absolute atomic E-state index is 13.7. The van der Waals surface area contributed by atoms with Crippen molar-refractivity contribution in [3.8, 4) is 17.2 Å². The number of hydrogen-bond acceptors (Lipinski definition) is 4. The Labute approximate surface area is 104 Å². The van der Waals surface area contributed by atoms with Crippen molar-refractivity contribution in [2.24, 2.45) is 0 Å². The first kappa shape index (κ1) is 14.1. The fourth-order valence-electron chi connectivity index (χ4n) is 1.70. The van der Waals surface area contributed by atoms with Crippen molar-refractivity contribution < 1.29 is 28.5 Å². The predicted octanol–water partition coefficient (Wildman–Crippen LogP) is 1.87. The lowest BCUT2D eigenvalue weighted by molar-refractivity contribution is -0.136. The SMILES string of the molecule is COc1cc(F)c(OC)c(CCC(=O)O)c1OC. The first-order chi connectivity index (χ1) is 8.54. The Morgan fingerprint density at radius 3 is 2.28 bits per heavy atom. The highest BCUT2D eigenvalue weighted by Gasteiger charge is 2.21. The van der Waals surface area contributed by atoms with E-state index in [0.717, 1.165) is 6.07 Å². The molecule has 100 valence electrons. The Balaban J connectivity index is 3.30. The molecule has 0 bridgehead atoms. The lowest BCUT2D eigenvalue weighted by Crippen LogP contribution is -2.05. The Hall–Kier alpha value is -1.98. The van der Waals surface area contributed by atoms with Gasteiger partial charge in [0, 0.05) is 18.1 Å². The van der Waals surface area contributed by atoms with Gasteiger partial charge in [0.2, 0.25) is 0 Å². The molecule has 0 heterocycles. The highest BCUT2D eigenvalue weighted by molar-refractivity contribution is 5.68. The molecule has 1 aromatic rings. The average Bonchev–Trinajstić information content (AvgIpc) is 2.35. The summed E-state index contributed by atoms with van der Waals surface area (Å²) in [6.07, 6.45) is -0.0604. The van der Waals surface area contributed by atoms with Crippen LogP contribution in [0.25, 0.3) is 0 Å². The van der Waals surface area contributed by atoms with Gasteiger partial charge in [-0.15, -0.1) is 0 Å². The average molecular weight is 258 g/mol. The second-order valence-electron chi connectivity index (χ2n) is 3.50. The predicted molar refractivity (Wildman–Crippen MR) is 62.0 cm³/mol. The summed E-state index contributed by atoms with van der Waals surface area (Å²) in [6, 6.07) is 1.14. The number of carboxylic acids is 1. The van der Waals surface area contributed by atoms with Gasteiger partial charge in [0.15, 0.2) is 23.1 Å². The van der Waals surface area contributed by atoms with E-state index in [2.05, 4.69) is 0 Å². The molecule has 0 aliphatic heterocycles. The molecule has 1 N–H and O–H groups in total. The van der Waals surface area contributed by atoms with Gasteiger partial charge < -0.3 is 19.3 Å². The molecule has 0 aliphatic carbocycles. The number of carbonyl (C=O) groups is 1. The van der Waals surface area contributed by atoms with Crippen LogP contribution in [0.15, 0.2) is 6.07 Å². The van der Waals surface area contributed by atoms with E-state index < -0.39 is 11.8 Å². The van der Waals surface area contributed by atoms with E-state index in [4.69, 9.17) is 19.3 Å². The summed E-state index contributed by atoms with van der Waals surface area (Å²) in [5.41, 5.74) is 0.347. The Morgan fingerprint density at radius 2 is 1.83 bits per heavy atom. The molecule has 0 saturated carbocycles. The third-order valence-corrected chi connectivity index (χ3v) is 2.46. The minimum Gasteiger partial charge on any atom is -0.493 e. The zero-order valence-electron chi connectivity index (χ0n) is 10.4. The third-order valence-electron chi connectivity index (χ3n) is 2.46. The smallest absolute Gasteiger partial charge is 0.303 e. The standard InChI is InChI=1S/C12H15FO5/c1-16-9-6-8(13)11(17-2)7(12(9)18-3)4-5-10(14)15/h6H,4-5H2,1-3H3,(H,14,15). The normalized spacial score (nSPS) is 10.0. The van der Waals surface area contributed by atoms with Crippen molar-refractivity contribution in [2.45, 2.75) is 12.8 Å². The van der Waals surface area contributed by atoms with Gasteiger partial charge in [-0.2, -0.15) is 0 Å². The number of ether oxygens (including phenoxy) is 3. The largest absolute Gasteiger partial charge is 0.493 e. The van der Waals surface area contributed by atoms with Crippen molar-refractivity contribution in [1.82, 2.24) is 0 Å². The number of halogens is 1. The number of methoxy groups -OCH3 is 3. The quantitative estimate of drug-likeness (QED) is 0.843. The van der Waals surface area contributed by atoms with Gasteiger partial charge in [0.1, 0.15) is 0 Å². The van der Waals surface area contributed by atoms with E-state index in [9.17, 15) is 9.18 Å². The van der Waals surface area contributed by atoms with Gasteiger partial charge in [-0.1, -0.05) is 0 Å². The minimum atomic E-state index is -0.984. The maximum atomic E-state index is 13.7. The zero-order valence-corrected chi connectivity index (χ0v) is 10.4. The molecule has 0 radical (unpaired) electrons. The van der Waals surface area contributed by atoms with E-state index in [0.29, 0.717) is 5.56 Å². The van der Waals surface area contributed by atoms with Gasteiger partial charge in [0.25, 0.3) is 0 Å². The van der Waals surface area contributed by atoms with Gasteiger partial charge in [-0.05, 0) is 6.42 Å². The van der Waals surface area contributed by atoms with Crippen LogP contribution in [0.5, 0.6) is 17.2 Å². The topological polar surface area (TPSA) is 65.0 Å². The molecule has 0 unspecified atom stereocenters. The Bertz CT molecular complexity index is 445. The Kier molecular flexibility index (Phi) is 4.76. The second kappa shape index (κ2) is 6.09. The van der Waals surface area contributed by atoms with Gasteiger partial charge >= 0.3 is 5.97 Å². The van der Waals surface area contributed by atoms with Crippen molar-refractivity contribution in [3.05, 3.63) is 17.4 Å². The summed E-state index contributed by atoms with van der Waals surface area (Å²) >= 11 is 0. The van der Waals surface area contributed by atoms with Gasteiger partial charge in [-0.3, -0.25) is 4.79 Å². The monoisotopic (exact) mass is 258 g/mol. The summed E-state index contributed by atoms with van der Waals surface area (Å²) in [4.78, 5) is 10.6. The number of hydrogen-bond donors (Lipinski definition) is 1. The van der Waals surface area contributed by atoms with Crippen LogP contribution in [0.3, 0.4) is 0 Å².